The van der Waals surface area contributed by atoms with E-state index in [2.05, 4.69) is 10.3 Å². The van der Waals surface area contributed by atoms with E-state index in [1.54, 1.807) is 16.7 Å². The third-order valence-corrected chi connectivity index (χ3v) is 5.41. The predicted molar refractivity (Wildman–Crippen MR) is 81.1 cm³/mol. The van der Waals surface area contributed by atoms with E-state index in [-0.39, 0.29) is 12.0 Å². The van der Waals surface area contributed by atoms with Crippen molar-refractivity contribution in [2.45, 2.75) is 25.4 Å². The Morgan fingerprint density at radius 1 is 1.45 bits per heavy atom. The molecule has 2 atom stereocenters. The summed E-state index contributed by atoms with van der Waals surface area (Å²) in [5, 5.41) is 17.1. The molecule has 0 aromatic carbocycles. The summed E-state index contributed by atoms with van der Waals surface area (Å²) in [4.78, 5) is 17.5. The smallest absolute Gasteiger partial charge is 0.270 e. The van der Waals surface area contributed by atoms with Crippen LogP contribution in [0, 0.1) is 5.92 Å². The minimum Gasteiger partial charge on any atom is -0.393 e. The summed E-state index contributed by atoms with van der Waals surface area (Å²) in [6.07, 6.45) is 2.43. The lowest BCUT2D eigenvalue weighted by Gasteiger charge is -2.09. The molecule has 106 valence electrons. The molecule has 2 aromatic heterocycles. The van der Waals surface area contributed by atoms with Crippen molar-refractivity contribution in [2.24, 2.45) is 5.92 Å². The van der Waals surface area contributed by atoms with E-state index < -0.39 is 0 Å². The maximum Gasteiger partial charge on any atom is 0.270 e. The molecule has 1 aliphatic carbocycles. The largest absolute Gasteiger partial charge is 0.393 e. The second kappa shape index (κ2) is 6.03. The van der Waals surface area contributed by atoms with Gasteiger partial charge in [0.15, 0.2) is 0 Å². The number of amides is 1. The molecule has 1 fully saturated rings. The van der Waals surface area contributed by atoms with E-state index in [9.17, 15) is 9.90 Å². The number of aromatic nitrogens is 1. The van der Waals surface area contributed by atoms with Gasteiger partial charge in [-0.15, -0.1) is 22.7 Å². The van der Waals surface area contributed by atoms with Crippen molar-refractivity contribution in [1.29, 1.82) is 0 Å². The van der Waals surface area contributed by atoms with Crippen LogP contribution < -0.4 is 5.32 Å². The van der Waals surface area contributed by atoms with Crippen molar-refractivity contribution < 1.29 is 9.90 Å². The number of aliphatic hydroxyl groups is 1. The molecule has 1 aliphatic rings. The molecule has 3 rings (SSSR count). The van der Waals surface area contributed by atoms with Gasteiger partial charge in [-0.25, -0.2) is 4.98 Å². The number of nitrogens with zero attached hydrogens (tertiary/aromatic N) is 1. The van der Waals surface area contributed by atoms with E-state index in [1.165, 1.54) is 11.3 Å². The Morgan fingerprint density at radius 2 is 2.35 bits per heavy atom. The number of carbonyl (C=O) groups is 1. The first-order valence-corrected chi connectivity index (χ1v) is 8.44. The normalized spacial score (nSPS) is 22.1. The lowest BCUT2D eigenvalue weighted by molar-refractivity contribution is 0.0941. The van der Waals surface area contributed by atoms with E-state index in [4.69, 9.17) is 0 Å². The molecule has 2 N–H and O–H groups in total. The summed E-state index contributed by atoms with van der Waals surface area (Å²) in [6.45, 7) is 0.627. The number of nitrogens with one attached hydrogen (secondary N) is 1. The zero-order valence-electron chi connectivity index (χ0n) is 10.9. The minimum atomic E-state index is -0.193. The SMILES string of the molecule is O=C(NCC1CCC(O)C1)c1csc(-c2cccs2)n1. The second-order valence-corrected chi connectivity index (χ2v) is 6.86. The van der Waals surface area contributed by atoms with Crippen molar-refractivity contribution in [2.75, 3.05) is 6.54 Å². The molecule has 0 bridgehead atoms. The maximum absolute atomic E-state index is 12.0. The van der Waals surface area contributed by atoms with Crippen molar-refractivity contribution in [3.8, 4) is 9.88 Å². The summed E-state index contributed by atoms with van der Waals surface area (Å²) in [5.41, 5.74) is 0.483. The molecule has 0 aliphatic heterocycles. The second-order valence-electron chi connectivity index (χ2n) is 5.06. The van der Waals surface area contributed by atoms with Gasteiger partial charge in [-0.3, -0.25) is 4.79 Å². The number of rotatable bonds is 4. The fourth-order valence-electron chi connectivity index (χ4n) is 2.45. The van der Waals surface area contributed by atoms with Crippen LogP contribution in [0.3, 0.4) is 0 Å². The predicted octanol–water partition coefficient (Wildman–Crippen LogP) is 2.76. The van der Waals surface area contributed by atoms with Gasteiger partial charge in [-0.05, 0) is 36.6 Å². The Balaban J connectivity index is 1.57. The van der Waals surface area contributed by atoms with Crippen LogP contribution in [0.15, 0.2) is 22.9 Å². The number of aliphatic hydroxyl groups excluding tert-OH is 1. The molecular formula is C14H16N2O2S2. The average molecular weight is 308 g/mol. The molecule has 2 aromatic rings. The van der Waals surface area contributed by atoms with E-state index in [0.717, 1.165) is 29.1 Å². The van der Waals surface area contributed by atoms with Gasteiger partial charge in [0.1, 0.15) is 10.7 Å². The highest BCUT2D eigenvalue weighted by molar-refractivity contribution is 7.20. The minimum absolute atomic E-state index is 0.120. The molecule has 4 nitrogen and oxygen atoms in total. The van der Waals surface area contributed by atoms with Crippen molar-refractivity contribution in [1.82, 2.24) is 10.3 Å². The number of carbonyl (C=O) groups excluding carboxylic acids is 1. The molecule has 0 spiro atoms. The highest BCUT2D eigenvalue weighted by Crippen LogP contribution is 2.28. The molecule has 20 heavy (non-hydrogen) atoms. The summed E-state index contributed by atoms with van der Waals surface area (Å²) >= 11 is 3.12. The van der Waals surface area contributed by atoms with Crippen molar-refractivity contribution in [3.63, 3.8) is 0 Å². The molecular weight excluding hydrogens is 292 g/mol. The van der Waals surface area contributed by atoms with Crippen molar-refractivity contribution in [3.05, 3.63) is 28.6 Å². The van der Waals surface area contributed by atoms with Gasteiger partial charge in [0, 0.05) is 11.9 Å². The van der Waals surface area contributed by atoms with Crippen LogP contribution in [0.2, 0.25) is 0 Å². The van der Waals surface area contributed by atoms with Gasteiger partial charge in [0.2, 0.25) is 0 Å². The quantitative estimate of drug-likeness (QED) is 0.913. The highest BCUT2D eigenvalue weighted by atomic mass is 32.1. The first kappa shape index (κ1) is 13.7. The Labute approximate surface area is 125 Å². The zero-order chi connectivity index (χ0) is 13.9. The first-order valence-electron chi connectivity index (χ1n) is 6.68. The Morgan fingerprint density at radius 3 is 3.05 bits per heavy atom. The van der Waals surface area contributed by atoms with Crippen molar-refractivity contribution >= 4 is 28.6 Å². The number of thiazole rings is 1. The van der Waals surface area contributed by atoms with Crippen LogP contribution in [0.1, 0.15) is 29.8 Å². The van der Waals surface area contributed by atoms with Gasteiger partial charge in [-0.1, -0.05) is 6.07 Å². The fourth-order valence-corrected chi connectivity index (χ4v) is 4.07. The van der Waals surface area contributed by atoms with Crippen LogP contribution in [0.25, 0.3) is 9.88 Å². The Hall–Kier alpha value is -1.24. The van der Waals surface area contributed by atoms with Crippen LogP contribution in [0.5, 0.6) is 0 Å². The van der Waals surface area contributed by atoms with E-state index >= 15 is 0 Å². The molecule has 0 saturated heterocycles. The topological polar surface area (TPSA) is 62.2 Å². The highest BCUT2D eigenvalue weighted by Gasteiger charge is 2.23. The standard InChI is InChI=1S/C14H16N2O2S2/c17-10-4-3-9(6-10)7-15-13(18)11-8-20-14(16-11)12-2-1-5-19-12/h1-2,5,8-10,17H,3-4,6-7H2,(H,15,18). The Kier molecular flexibility index (Phi) is 4.14. The average Bonchev–Trinajstić information content (AvgIpc) is 3.16. The number of hydrogen-bond acceptors (Lipinski definition) is 5. The van der Waals surface area contributed by atoms with Gasteiger partial charge < -0.3 is 10.4 Å². The summed E-state index contributed by atoms with van der Waals surface area (Å²) in [5.74, 6) is 0.273. The first-order chi connectivity index (χ1) is 9.72. The van der Waals surface area contributed by atoms with Crippen LogP contribution in [-0.2, 0) is 0 Å². The van der Waals surface area contributed by atoms with Crippen LogP contribution >= 0.6 is 22.7 Å². The zero-order valence-corrected chi connectivity index (χ0v) is 12.5. The summed E-state index contributed by atoms with van der Waals surface area (Å²) in [6, 6.07) is 3.98. The lowest BCUT2D eigenvalue weighted by Crippen LogP contribution is -2.28. The van der Waals surface area contributed by atoms with Gasteiger partial charge in [0.05, 0.1) is 11.0 Å². The molecule has 1 amide bonds. The third-order valence-electron chi connectivity index (χ3n) is 3.53. The molecule has 2 unspecified atom stereocenters. The lowest BCUT2D eigenvalue weighted by atomic mass is 10.1. The number of thiophene rings is 1. The molecule has 1 saturated carbocycles. The monoisotopic (exact) mass is 308 g/mol. The molecule has 6 heteroatoms. The van der Waals surface area contributed by atoms with Gasteiger partial charge in [-0.2, -0.15) is 0 Å². The molecule has 2 heterocycles. The van der Waals surface area contributed by atoms with Crippen LogP contribution in [-0.4, -0.2) is 28.6 Å². The maximum atomic E-state index is 12.0. The van der Waals surface area contributed by atoms with E-state index in [0.29, 0.717) is 18.2 Å². The van der Waals surface area contributed by atoms with Gasteiger partial charge >= 0.3 is 0 Å². The fraction of sp³-hybridized carbons (Fsp3) is 0.429. The van der Waals surface area contributed by atoms with E-state index in [1.807, 2.05) is 17.5 Å². The van der Waals surface area contributed by atoms with Gasteiger partial charge in [0.25, 0.3) is 5.91 Å². The Bertz CT molecular complexity index is 580. The third kappa shape index (κ3) is 3.08. The van der Waals surface area contributed by atoms with Crippen LogP contribution in [0.4, 0.5) is 0 Å². The molecule has 0 radical (unpaired) electrons. The summed E-state index contributed by atoms with van der Waals surface area (Å²) in [7, 11) is 0. The summed E-state index contributed by atoms with van der Waals surface area (Å²) < 4.78 is 0. The number of hydrogen-bond donors (Lipinski definition) is 2.